The lowest BCUT2D eigenvalue weighted by molar-refractivity contribution is -0.109. The van der Waals surface area contributed by atoms with Gasteiger partial charge in [-0.2, -0.15) is 0 Å². The van der Waals surface area contributed by atoms with Gasteiger partial charge in [0.25, 0.3) is 0 Å². The van der Waals surface area contributed by atoms with Crippen LogP contribution in [-0.2, 0) is 11.2 Å². The molecule has 3 nitrogen and oxygen atoms in total. The van der Waals surface area contributed by atoms with E-state index in [2.05, 4.69) is 27.0 Å². The largest absolute Gasteiger partial charge is 0.350 e. The molecular formula is C10H11BrN2O. The molecule has 0 aromatic carbocycles. The van der Waals surface area contributed by atoms with Gasteiger partial charge in [0.1, 0.15) is 12.1 Å². The average Bonchev–Trinajstić information content (AvgIpc) is 2.18. The molecule has 2 heterocycles. The third-order valence-corrected chi connectivity index (χ3v) is 3.04. The van der Waals surface area contributed by atoms with Gasteiger partial charge in [0.2, 0.25) is 0 Å². The van der Waals surface area contributed by atoms with Gasteiger partial charge in [-0.3, -0.25) is 0 Å². The fourth-order valence-corrected chi connectivity index (χ4v) is 2.17. The number of carbonyl (C=O) groups excluding carboxylic acids is 1. The number of anilines is 1. The smallest absolute Gasteiger partial charge is 0.142 e. The number of aromatic nitrogens is 1. The number of halogens is 1. The third kappa shape index (κ3) is 1.54. The summed E-state index contributed by atoms with van der Waals surface area (Å²) in [6, 6.07) is 2.05. The fraction of sp³-hybridized carbons (Fsp3) is 0.400. The van der Waals surface area contributed by atoms with Crippen LogP contribution in [0.3, 0.4) is 0 Å². The monoisotopic (exact) mass is 254 g/mol. The Morgan fingerprint density at radius 2 is 2.50 bits per heavy atom. The molecule has 0 fully saturated rings. The van der Waals surface area contributed by atoms with E-state index >= 15 is 0 Å². The maximum absolute atomic E-state index is 10.8. The second-order valence-corrected chi connectivity index (χ2v) is 4.40. The second-order valence-electron chi connectivity index (χ2n) is 3.49. The summed E-state index contributed by atoms with van der Waals surface area (Å²) < 4.78 is 0.995. The Hall–Kier alpha value is -0.900. The molecule has 1 unspecified atom stereocenters. The van der Waals surface area contributed by atoms with Crippen LogP contribution in [0.2, 0.25) is 0 Å². The molecule has 1 aromatic rings. The Kier molecular flexibility index (Phi) is 2.54. The first-order valence-electron chi connectivity index (χ1n) is 4.55. The molecule has 0 saturated carbocycles. The summed E-state index contributed by atoms with van der Waals surface area (Å²) in [6.07, 6.45) is 4.57. The number of aldehydes is 1. The maximum Gasteiger partial charge on any atom is 0.142 e. The number of hydrogen-bond donors (Lipinski definition) is 0. The Labute approximate surface area is 91.3 Å². The lowest BCUT2D eigenvalue weighted by atomic mass is 10.0. The second kappa shape index (κ2) is 3.69. The topological polar surface area (TPSA) is 33.2 Å². The summed E-state index contributed by atoms with van der Waals surface area (Å²) in [7, 11) is 1.91. The minimum atomic E-state index is -0.0174. The molecule has 74 valence electrons. The van der Waals surface area contributed by atoms with Gasteiger partial charge in [0.05, 0.1) is 6.04 Å². The van der Waals surface area contributed by atoms with Gasteiger partial charge in [-0.1, -0.05) is 0 Å². The number of hydrogen-bond acceptors (Lipinski definition) is 3. The Morgan fingerprint density at radius 1 is 1.71 bits per heavy atom. The molecule has 1 atom stereocenters. The number of carbonyl (C=O) groups is 1. The standard InChI is InChI=1S/C10H11BrN2O/c1-13-9(6-14)3-2-7-4-8(11)5-12-10(7)13/h4-6,9H,2-3H2,1H3. The van der Waals surface area contributed by atoms with Crippen LogP contribution >= 0.6 is 15.9 Å². The number of fused-ring (bicyclic) bond motifs is 1. The van der Waals surface area contributed by atoms with E-state index in [4.69, 9.17) is 0 Å². The van der Waals surface area contributed by atoms with Gasteiger partial charge in [-0.05, 0) is 40.4 Å². The maximum atomic E-state index is 10.8. The van der Waals surface area contributed by atoms with E-state index in [-0.39, 0.29) is 6.04 Å². The van der Waals surface area contributed by atoms with Crippen LogP contribution in [0.1, 0.15) is 12.0 Å². The molecular weight excluding hydrogens is 244 g/mol. The molecule has 14 heavy (non-hydrogen) atoms. The number of rotatable bonds is 1. The van der Waals surface area contributed by atoms with E-state index in [1.165, 1.54) is 5.56 Å². The Morgan fingerprint density at radius 3 is 3.21 bits per heavy atom. The number of aryl methyl sites for hydroxylation is 1. The normalized spacial score (nSPS) is 20.4. The lowest BCUT2D eigenvalue weighted by Crippen LogP contribution is -2.37. The van der Waals surface area contributed by atoms with Gasteiger partial charge < -0.3 is 9.69 Å². The summed E-state index contributed by atoms with van der Waals surface area (Å²) >= 11 is 3.39. The van der Waals surface area contributed by atoms with Gasteiger partial charge in [0, 0.05) is 17.7 Å². The predicted octanol–water partition coefficient (Wildman–Crippen LogP) is 1.79. The molecule has 1 aliphatic heterocycles. The highest BCUT2D eigenvalue weighted by Crippen LogP contribution is 2.28. The van der Waals surface area contributed by atoms with Crippen molar-refractivity contribution in [3.63, 3.8) is 0 Å². The minimum Gasteiger partial charge on any atom is -0.350 e. The third-order valence-electron chi connectivity index (χ3n) is 2.61. The van der Waals surface area contributed by atoms with Crippen LogP contribution in [0.25, 0.3) is 0 Å². The zero-order valence-electron chi connectivity index (χ0n) is 7.90. The Balaban J connectivity index is 2.40. The molecule has 4 heteroatoms. The zero-order chi connectivity index (χ0) is 10.1. The van der Waals surface area contributed by atoms with E-state index in [1.54, 1.807) is 6.20 Å². The first-order chi connectivity index (χ1) is 6.72. The van der Waals surface area contributed by atoms with Crippen molar-refractivity contribution in [2.45, 2.75) is 18.9 Å². The van der Waals surface area contributed by atoms with E-state index in [1.807, 2.05) is 11.9 Å². The summed E-state index contributed by atoms with van der Waals surface area (Å²) in [5.41, 5.74) is 1.21. The van der Waals surface area contributed by atoms with Crippen LogP contribution in [0.5, 0.6) is 0 Å². The van der Waals surface area contributed by atoms with Crippen LogP contribution in [0.15, 0.2) is 16.7 Å². The van der Waals surface area contributed by atoms with Crippen molar-refractivity contribution in [2.24, 2.45) is 0 Å². The Bertz CT molecular complexity index is 367. The molecule has 0 radical (unpaired) electrons. The van der Waals surface area contributed by atoms with Crippen molar-refractivity contribution in [1.82, 2.24) is 4.98 Å². The van der Waals surface area contributed by atoms with Crippen LogP contribution in [0.4, 0.5) is 5.82 Å². The minimum absolute atomic E-state index is 0.0174. The number of pyridine rings is 1. The number of likely N-dealkylation sites (N-methyl/N-ethyl adjacent to an activating group) is 1. The van der Waals surface area contributed by atoms with E-state index < -0.39 is 0 Å². The molecule has 1 aliphatic rings. The molecule has 0 spiro atoms. The van der Waals surface area contributed by atoms with E-state index in [9.17, 15) is 4.79 Å². The molecule has 0 bridgehead atoms. The van der Waals surface area contributed by atoms with Crippen LogP contribution in [-0.4, -0.2) is 24.4 Å². The predicted molar refractivity (Wildman–Crippen MR) is 58.5 cm³/mol. The zero-order valence-corrected chi connectivity index (χ0v) is 9.49. The first kappa shape index (κ1) is 9.65. The first-order valence-corrected chi connectivity index (χ1v) is 5.34. The SMILES string of the molecule is CN1c2ncc(Br)cc2CCC1C=O. The van der Waals surface area contributed by atoms with Crippen molar-refractivity contribution in [2.75, 3.05) is 11.9 Å². The summed E-state index contributed by atoms with van der Waals surface area (Å²) in [4.78, 5) is 17.0. The van der Waals surface area contributed by atoms with Crippen molar-refractivity contribution in [3.8, 4) is 0 Å². The summed E-state index contributed by atoms with van der Waals surface area (Å²) in [5, 5.41) is 0. The quantitative estimate of drug-likeness (QED) is 0.717. The van der Waals surface area contributed by atoms with Crippen LogP contribution in [0, 0.1) is 0 Å². The van der Waals surface area contributed by atoms with Gasteiger partial charge in [-0.15, -0.1) is 0 Å². The fourth-order valence-electron chi connectivity index (χ4n) is 1.79. The molecule has 0 aliphatic carbocycles. The highest BCUT2D eigenvalue weighted by molar-refractivity contribution is 9.10. The van der Waals surface area contributed by atoms with Crippen molar-refractivity contribution >= 4 is 28.0 Å². The molecule has 2 rings (SSSR count). The highest BCUT2D eigenvalue weighted by atomic mass is 79.9. The lowest BCUT2D eigenvalue weighted by Gasteiger charge is -2.31. The molecule has 0 saturated heterocycles. The van der Waals surface area contributed by atoms with Crippen molar-refractivity contribution in [1.29, 1.82) is 0 Å². The summed E-state index contributed by atoms with van der Waals surface area (Å²) in [5.74, 6) is 0.927. The van der Waals surface area contributed by atoms with Gasteiger partial charge >= 0.3 is 0 Å². The van der Waals surface area contributed by atoms with Gasteiger partial charge in [-0.25, -0.2) is 4.98 Å². The molecule has 0 amide bonds. The van der Waals surface area contributed by atoms with Crippen molar-refractivity contribution in [3.05, 3.63) is 22.3 Å². The number of nitrogens with zero attached hydrogens (tertiary/aromatic N) is 2. The highest BCUT2D eigenvalue weighted by Gasteiger charge is 2.23. The average molecular weight is 255 g/mol. The molecule has 1 aromatic heterocycles. The van der Waals surface area contributed by atoms with Gasteiger partial charge in [0.15, 0.2) is 0 Å². The van der Waals surface area contributed by atoms with E-state index in [0.717, 1.165) is 29.4 Å². The van der Waals surface area contributed by atoms with Crippen molar-refractivity contribution < 1.29 is 4.79 Å². The van der Waals surface area contributed by atoms with E-state index in [0.29, 0.717) is 0 Å². The van der Waals surface area contributed by atoms with Crippen LogP contribution < -0.4 is 4.90 Å². The summed E-state index contributed by atoms with van der Waals surface area (Å²) in [6.45, 7) is 0. The molecule has 0 N–H and O–H groups in total.